The lowest BCUT2D eigenvalue weighted by Crippen LogP contribution is -2.32. The Morgan fingerprint density at radius 1 is 1.03 bits per heavy atom. The van der Waals surface area contributed by atoms with E-state index in [1.165, 1.54) is 6.07 Å². The molecule has 1 heterocycles. The fourth-order valence-electron chi connectivity index (χ4n) is 3.63. The monoisotopic (exact) mass is 412 g/mol. The van der Waals surface area contributed by atoms with Crippen LogP contribution in [0, 0.1) is 12.7 Å². The van der Waals surface area contributed by atoms with Crippen LogP contribution in [0.2, 0.25) is 5.02 Å². The van der Waals surface area contributed by atoms with E-state index in [1.807, 2.05) is 34.6 Å². The minimum absolute atomic E-state index is 0.0171. The molecule has 1 aromatic heterocycles. The number of rotatable bonds is 7. The van der Waals surface area contributed by atoms with E-state index in [2.05, 4.69) is 13.8 Å². The summed E-state index contributed by atoms with van der Waals surface area (Å²) in [6.07, 6.45) is 1.78. The third kappa shape index (κ3) is 4.38. The molecule has 3 nitrogen and oxygen atoms in total. The summed E-state index contributed by atoms with van der Waals surface area (Å²) in [5, 5.41) is 0.628. The van der Waals surface area contributed by atoms with Gasteiger partial charge in [0.05, 0.1) is 16.9 Å². The molecule has 0 saturated carbocycles. The molecule has 2 aromatic carbocycles. The van der Waals surface area contributed by atoms with E-state index in [1.54, 1.807) is 30.3 Å². The zero-order chi connectivity index (χ0) is 21.0. The van der Waals surface area contributed by atoms with E-state index >= 15 is 0 Å². The molecule has 0 radical (unpaired) electrons. The van der Waals surface area contributed by atoms with Gasteiger partial charge in [0.2, 0.25) is 0 Å². The summed E-state index contributed by atoms with van der Waals surface area (Å²) in [6, 6.07) is 15.9. The molecule has 0 aliphatic rings. The lowest BCUT2D eigenvalue weighted by Gasteiger charge is -2.21. The summed E-state index contributed by atoms with van der Waals surface area (Å²) in [4.78, 5) is 15.2. The molecule has 0 atom stereocenters. The Labute approximate surface area is 176 Å². The minimum atomic E-state index is -0.334. The van der Waals surface area contributed by atoms with Crippen molar-refractivity contribution in [2.24, 2.45) is 0 Å². The first kappa shape index (κ1) is 21.1. The molecule has 0 aliphatic heterocycles. The zero-order valence-electron chi connectivity index (χ0n) is 17.1. The van der Waals surface area contributed by atoms with Crippen molar-refractivity contribution in [2.45, 2.75) is 33.6 Å². The van der Waals surface area contributed by atoms with E-state index in [0.29, 0.717) is 29.4 Å². The lowest BCUT2D eigenvalue weighted by atomic mass is 10.1. The Hall–Kier alpha value is -2.59. The van der Waals surface area contributed by atoms with Crippen molar-refractivity contribution in [3.8, 4) is 16.9 Å². The largest absolute Gasteiger partial charge is 0.339 e. The first-order valence-electron chi connectivity index (χ1n) is 10.00. The third-order valence-corrected chi connectivity index (χ3v) is 5.24. The molecule has 0 bridgehead atoms. The third-order valence-electron chi connectivity index (χ3n) is 4.99. The molecule has 0 fully saturated rings. The van der Waals surface area contributed by atoms with Crippen LogP contribution in [0.1, 0.15) is 42.7 Å². The molecule has 0 spiro atoms. The first-order valence-corrected chi connectivity index (χ1v) is 10.4. The Kier molecular flexibility index (Phi) is 6.75. The fourth-order valence-corrected chi connectivity index (χ4v) is 3.75. The number of carbonyl (C=O) groups is 1. The average Bonchev–Trinajstić information content (AvgIpc) is 3.05. The Bertz CT molecular complexity index is 989. The zero-order valence-corrected chi connectivity index (χ0v) is 17.8. The summed E-state index contributed by atoms with van der Waals surface area (Å²) in [7, 11) is 0. The SMILES string of the molecule is CCCN(CCC)C(=O)c1cc(-c2ccc(Cl)cc2)n(-c2ccccc2F)c1C. The molecule has 5 heteroatoms. The van der Waals surface area contributed by atoms with Crippen molar-refractivity contribution in [1.82, 2.24) is 9.47 Å². The fraction of sp³-hybridized carbons (Fsp3) is 0.292. The maximum absolute atomic E-state index is 14.7. The van der Waals surface area contributed by atoms with Crippen LogP contribution in [-0.4, -0.2) is 28.5 Å². The lowest BCUT2D eigenvalue weighted by molar-refractivity contribution is 0.0755. The van der Waals surface area contributed by atoms with Gasteiger partial charge in [-0.25, -0.2) is 4.39 Å². The van der Waals surface area contributed by atoms with Crippen LogP contribution in [0.4, 0.5) is 4.39 Å². The van der Waals surface area contributed by atoms with E-state index < -0.39 is 0 Å². The summed E-state index contributed by atoms with van der Waals surface area (Å²) < 4.78 is 16.5. The van der Waals surface area contributed by atoms with Crippen molar-refractivity contribution in [3.05, 3.63) is 76.7 Å². The van der Waals surface area contributed by atoms with Crippen LogP contribution in [-0.2, 0) is 0 Å². The molecule has 0 aliphatic carbocycles. The number of nitrogens with zero attached hydrogens (tertiary/aromatic N) is 2. The highest BCUT2D eigenvalue weighted by molar-refractivity contribution is 6.30. The van der Waals surface area contributed by atoms with E-state index in [4.69, 9.17) is 11.6 Å². The number of amides is 1. The topological polar surface area (TPSA) is 25.2 Å². The van der Waals surface area contributed by atoms with Crippen LogP contribution in [0.3, 0.4) is 0 Å². The highest BCUT2D eigenvalue weighted by Crippen LogP contribution is 2.32. The van der Waals surface area contributed by atoms with Gasteiger partial charge in [-0.05, 0) is 55.7 Å². The maximum atomic E-state index is 14.7. The molecule has 0 N–H and O–H groups in total. The van der Waals surface area contributed by atoms with Gasteiger partial charge in [0.15, 0.2) is 0 Å². The Balaban J connectivity index is 2.19. The van der Waals surface area contributed by atoms with E-state index in [9.17, 15) is 9.18 Å². The number of para-hydroxylation sites is 1. The molecule has 29 heavy (non-hydrogen) atoms. The molecule has 1 amide bonds. The molecular weight excluding hydrogens is 387 g/mol. The summed E-state index contributed by atoms with van der Waals surface area (Å²) in [5.74, 6) is -0.351. The van der Waals surface area contributed by atoms with Crippen molar-refractivity contribution < 1.29 is 9.18 Å². The first-order chi connectivity index (χ1) is 14.0. The average molecular weight is 413 g/mol. The Morgan fingerprint density at radius 3 is 2.24 bits per heavy atom. The van der Waals surface area contributed by atoms with E-state index in [-0.39, 0.29) is 11.7 Å². The van der Waals surface area contributed by atoms with Gasteiger partial charge in [0.1, 0.15) is 5.82 Å². The number of benzene rings is 2. The minimum Gasteiger partial charge on any atom is -0.339 e. The van der Waals surface area contributed by atoms with Gasteiger partial charge in [0, 0.05) is 23.8 Å². The number of hydrogen-bond acceptors (Lipinski definition) is 1. The van der Waals surface area contributed by atoms with Crippen LogP contribution < -0.4 is 0 Å². The van der Waals surface area contributed by atoms with Crippen LogP contribution in [0.15, 0.2) is 54.6 Å². The predicted molar refractivity (Wildman–Crippen MR) is 117 cm³/mol. The summed E-state index contributed by atoms with van der Waals surface area (Å²) in [6.45, 7) is 7.40. The predicted octanol–water partition coefficient (Wildman–Crippen LogP) is 6.51. The van der Waals surface area contributed by atoms with Crippen molar-refractivity contribution in [3.63, 3.8) is 0 Å². The highest BCUT2D eigenvalue weighted by Gasteiger charge is 2.24. The van der Waals surface area contributed by atoms with Crippen LogP contribution in [0.25, 0.3) is 16.9 Å². The smallest absolute Gasteiger partial charge is 0.255 e. The van der Waals surface area contributed by atoms with Crippen molar-refractivity contribution in [1.29, 1.82) is 0 Å². The molecule has 3 rings (SSSR count). The Morgan fingerprint density at radius 2 is 1.66 bits per heavy atom. The van der Waals surface area contributed by atoms with Gasteiger partial charge in [-0.2, -0.15) is 0 Å². The molecule has 0 unspecified atom stereocenters. The van der Waals surface area contributed by atoms with E-state index in [0.717, 1.165) is 29.8 Å². The second-order valence-electron chi connectivity index (χ2n) is 7.11. The molecular formula is C24H26ClFN2O. The maximum Gasteiger partial charge on any atom is 0.255 e. The molecule has 3 aromatic rings. The van der Waals surface area contributed by atoms with Gasteiger partial charge in [0.25, 0.3) is 5.91 Å². The van der Waals surface area contributed by atoms with Crippen molar-refractivity contribution in [2.75, 3.05) is 13.1 Å². The van der Waals surface area contributed by atoms with Gasteiger partial charge in [-0.1, -0.05) is 49.7 Å². The highest BCUT2D eigenvalue weighted by atomic mass is 35.5. The van der Waals surface area contributed by atoms with Gasteiger partial charge in [-0.15, -0.1) is 0 Å². The summed E-state index contributed by atoms with van der Waals surface area (Å²) >= 11 is 6.05. The molecule has 0 saturated heterocycles. The van der Waals surface area contributed by atoms with Gasteiger partial charge >= 0.3 is 0 Å². The number of hydrogen-bond donors (Lipinski definition) is 0. The van der Waals surface area contributed by atoms with Crippen molar-refractivity contribution >= 4 is 17.5 Å². The second-order valence-corrected chi connectivity index (χ2v) is 7.55. The quantitative estimate of drug-likeness (QED) is 0.434. The number of carbonyl (C=O) groups excluding carboxylic acids is 1. The second kappa shape index (κ2) is 9.27. The van der Waals surface area contributed by atoms with Gasteiger partial charge in [-0.3, -0.25) is 4.79 Å². The normalized spacial score (nSPS) is 10.9. The number of halogens is 2. The molecule has 152 valence electrons. The summed E-state index contributed by atoms with van der Waals surface area (Å²) in [5.41, 5.74) is 3.38. The van der Waals surface area contributed by atoms with Crippen LogP contribution >= 0.6 is 11.6 Å². The number of aromatic nitrogens is 1. The standard InChI is InChI=1S/C24H26ClFN2O/c1-4-14-27(15-5-2)24(29)20-16-23(18-10-12-19(25)13-11-18)28(17(20)3)22-9-7-6-8-21(22)26/h6-13,16H,4-5,14-15H2,1-3H3. The van der Waals surface area contributed by atoms with Gasteiger partial charge < -0.3 is 9.47 Å². The van der Waals surface area contributed by atoms with Crippen LogP contribution in [0.5, 0.6) is 0 Å².